The van der Waals surface area contributed by atoms with Gasteiger partial charge in [0.15, 0.2) is 0 Å². The molecule has 6 nitrogen and oxygen atoms in total. The summed E-state index contributed by atoms with van der Waals surface area (Å²) in [6.45, 7) is 6.11. The van der Waals surface area contributed by atoms with Crippen LogP contribution in [0.4, 0.5) is 14.9 Å². The van der Waals surface area contributed by atoms with Crippen molar-refractivity contribution in [3.05, 3.63) is 54.3 Å². The summed E-state index contributed by atoms with van der Waals surface area (Å²) in [6, 6.07) is 13.8. The van der Waals surface area contributed by atoms with Crippen LogP contribution in [0.2, 0.25) is 0 Å². The maximum atomic E-state index is 13.0. The van der Waals surface area contributed by atoms with Crippen molar-refractivity contribution in [3.8, 4) is 11.5 Å². The highest BCUT2D eigenvalue weighted by atomic mass is 19.1. The van der Waals surface area contributed by atoms with Crippen LogP contribution in [0.3, 0.4) is 0 Å². The number of halogens is 1. The van der Waals surface area contributed by atoms with E-state index in [-0.39, 0.29) is 11.8 Å². The van der Waals surface area contributed by atoms with E-state index in [4.69, 9.17) is 9.47 Å². The largest absolute Gasteiger partial charge is 0.494 e. The number of nitrogens with one attached hydrogen (secondary N) is 1. The summed E-state index contributed by atoms with van der Waals surface area (Å²) in [7, 11) is 0. The van der Waals surface area contributed by atoms with Gasteiger partial charge in [0, 0.05) is 31.9 Å². The molecule has 0 aliphatic carbocycles. The van der Waals surface area contributed by atoms with Crippen LogP contribution < -0.4 is 19.7 Å². The molecule has 0 bridgehead atoms. The van der Waals surface area contributed by atoms with Crippen LogP contribution in [0.15, 0.2) is 48.5 Å². The number of carbonyl (C=O) groups excluding carboxylic acids is 1. The number of benzene rings is 2. The minimum Gasteiger partial charge on any atom is -0.494 e. The molecule has 0 radical (unpaired) electrons. The van der Waals surface area contributed by atoms with E-state index in [0.29, 0.717) is 32.8 Å². The average Bonchev–Trinajstić information content (AvgIpc) is 2.73. The lowest BCUT2D eigenvalue weighted by Crippen LogP contribution is -2.52. The van der Waals surface area contributed by atoms with Gasteiger partial charge in [-0.05, 0) is 55.5 Å². The van der Waals surface area contributed by atoms with Gasteiger partial charge in [-0.25, -0.2) is 9.18 Å². The van der Waals surface area contributed by atoms with Gasteiger partial charge in [-0.15, -0.1) is 0 Å². The first-order chi connectivity index (χ1) is 13.7. The van der Waals surface area contributed by atoms with Crippen molar-refractivity contribution in [1.29, 1.82) is 0 Å². The Labute approximate surface area is 164 Å². The highest BCUT2D eigenvalue weighted by Gasteiger charge is 2.21. The quantitative estimate of drug-likeness (QED) is 0.742. The fourth-order valence-corrected chi connectivity index (χ4v) is 3.06. The lowest BCUT2D eigenvalue weighted by molar-refractivity contribution is 0.191. The number of piperazine rings is 1. The Bertz CT molecular complexity index is 744. The van der Waals surface area contributed by atoms with Gasteiger partial charge < -0.3 is 24.6 Å². The zero-order chi connectivity index (χ0) is 19.8. The van der Waals surface area contributed by atoms with Gasteiger partial charge in [-0.1, -0.05) is 0 Å². The minimum absolute atomic E-state index is 0.0888. The second-order valence-electron chi connectivity index (χ2n) is 6.44. The monoisotopic (exact) mass is 387 g/mol. The highest BCUT2D eigenvalue weighted by Crippen LogP contribution is 2.18. The molecule has 1 aliphatic heterocycles. The SMILES string of the molecule is CCOc1ccc(OCCNC(=O)N2CCN(c3ccc(F)cc3)CC2)cc1. The molecule has 2 aromatic rings. The van der Waals surface area contributed by atoms with Crippen LogP contribution in [-0.4, -0.2) is 56.9 Å². The first kappa shape index (κ1) is 19.8. The van der Waals surface area contributed by atoms with E-state index in [0.717, 1.165) is 30.3 Å². The standard InChI is InChI=1S/C21H26FN3O3/c1-2-27-19-7-9-20(10-8-19)28-16-11-23-21(26)25-14-12-24(13-15-25)18-5-3-17(22)4-6-18/h3-10H,2,11-16H2,1H3,(H,23,26). The predicted molar refractivity (Wildman–Crippen MR) is 107 cm³/mol. The first-order valence-corrected chi connectivity index (χ1v) is 9.54. The van der Waals surface area contributed by atoms with E-state index in [1.807, 2.05) is 31.2 Å². The number of amides is 2. The van der Waals surface area contributed by atoms with E-state index < -0.39 is 0 Å². The summed E-state index contributed by atoms with van der Waals surface area (Å²) >= 11 is 0. The van der Waals surface area contributed by atoms with Crippen molar-refractivity contribution < 1.29 is 18.7 Å². The molecule has 1 saturated heterocycles. The number of urea groups is 1. The average molecular weight is 387 g/mol. The van der Waals surface area contributed by atoms with E-state index in [2.05, 4.69) is 10.2 Å². The molecule has 2 amide bonds. The number of anilines is 1. The molecule has 7 heteroatoms. The molecule has 0 spiro atoms. The van der Waals surface area contributed by atoms with Crippen LogP contribution in [0, 0.1) is 5.82 Å². The Hall–Kier alpha value is -2.96. The molecule has 150 valence electrons. The van der Waals surface area contributed by atoms with Crippen LogP contribution in [0.5, 0.6) is 11.5 Å². The molecule has 0 saturated carbocycles. The van der Waals surface area contributed by atoms with Gasteiger partial charge in [-0.3, -0.25) is 0 Å². The summed E-state index contributed by atoms with van der Waals surface area (Å²) < 4.78 is 24.1. The maximum Gasteiger partial charge on any atom is 0.317 e. The minimum atomic E-state index is -0.241. The summed E-state index contributed by atoms with van der Waals surface area (Å²) in [5, 5.41) is 2.89. The Balaban J connectivity index is 1.35. The molecule has 0 atom stereocenters. The van der Waals surface area contributed by atoms with Gasteiger partial charge in [-0.2, -0.15) is 0 Å². The zero-order valence-electron chi connectivity index (χ0n) is 16.1. The Morgan fingerprint density at radius 3 is 2.18 bits per heavy atom. The van der Waals surface area contributed by atoms with Gasteiger partial charge in [0.2, 0.25) is 0 Å². The van der Waals surface area contributed by atoms with Gasteiger partial charge in [0.1, 0.15) is 23.9 Å². The Morgan fingerprint density at radius 1 is 0.964 bits per heavy atom. The van der Waals surface area contributed by atoms with Crippen LogP contribution in [0.25, 0.3) is 0 Å². The fourth-order valence-electron chi connectivity index (χ4n) is 3.06. The molecule has 2 aromatic carbocycles. The molecule has 1 heterocycles. The van der Waals surface area contributed by atoms with Crippen molar-refractivity contribution in [2.75, 3.05) is 50.8 Å². The second-order valence-corrected chi connectivity index (χ2v) is 6.44. The van der Waals surface area contributed by atoms with Crippen molar-refractivity contribution in [2.24, 2.45) is 0 Å². The Kier molecular flexibility index (Phi) is 6.94. The molecular formula is C21H26FN3O3. The first-order valence-electron chi connectivity index (χ1n) is 9.54. The molecule has 1 aliphatic rings. The van der Waals surface area contributed by atoms with E-state index >= 15 is 0 Å². The van der Waals surface area contributed by atoms with Gasteiger partial charge in [0.25, 0.3) is 0 Å². The summed E-state index contributed by atoms with van der Waals surface area (Å²) in [6.07, 6.45) is 0. The van der Waals surface area contributed by atoms with Crippen molar-refractivity contribution in [2.45, 2.75) is 6.92 Å². The normalized spacial score (nSPS) is 13.9. The van der Waals surface area contributed by atoms with E-state index in [1.165, 1.54) is 12.1 Å². The smallest absolute Gasteiger partial charge is 0.317 e. The van der Waals surface area contributed by atoms with Crippen LogP contribution in [0.1, 0.15) is 6.92 Å². The van der Waals surface area contributed by atoms with Gasteiger partial charge in [0.05, 0.1) is 13.2 Å². The Morgan fingerprint density at radius 2 is 1.57 bits per heavy atom. The number of nitrogens with zero attached hydrogens (tertiary/aromatic N) is 2. The summed E-state index contributed by atoms with van der Waals surface area (Å²) in [5.74, 6) is 1.31. The number of hydrogen-bond donors (Lipinski definition) is 1. The third kappa shape index (κ3) is 5.52. The molecule has 3 rings (SSSR count). The number of hydrogen-bond acceptors (Lipinski definition) is 4. The maximum absolute atomic E-state index is 13.0. The van der Waals surface area contributed by atoms with Crippen molar-refractivity contribution in [1.82, 2.24) is 10.2 Å². The molecule has 1 fully saturated rings. The van der Waals surface area contributed by atoms with E-state index in [9.17, 15) is 9.18 Å². The second kappa shape index (κ2) is 9.82. The van der Waals surface area contributed by atoms with E-state index in [1.54, 1.807) is 17.0 Å². The lowest BCUT2D eigenvalue weighted by atomic mass is 10.2. The van der Waals surface area contributed by atoms with Crippen molar-refractivity contribution in [3.63, 3.8) is 0 Å². The lowest BCUT2D eigenvalue weighted by Gasteiger charge is -2.36. The van der Waals surface area contributed by atoms with Crippen molar-refractivity contribution >= 4 is 11.7 Å². The van der Waals surface area contributed by atoms with Crippen LogP contribution in [-0.2, 0) is 0 Å². The summed E-state index contributed by atoms with van der Waals surface area (Å²) in [5.41, 5.74) is 0.977. The number of ether oxygens (including phenoxy) is 2. The van der Waals surface area contributed by atoms with Gasteiger partial charge >= 0.3 is 6.03 Å². The molecule has 0 unspecified atom stereocenters. The molecular weight excluding hydrogens is 361 g/mol. The highest BCUT2D eigenvalue weighted by molar-refractivity contribution is 5.74. The zero-order valence-corrected chi connectivity index (χ0v) is 16.1. The molecule has 28 heavy (non-hydrogen) atoms. The summed E-state index contributed by atoms with van der Waals surface area (Å²) in [4.78, 5) is 16.2. The topological polar surface area (TPSA) is 54.0 Å². The molecule has 0 aromatic heterocycles. The fraction of sp³-hybridized carbons (Fsp3) is 0.381. The number of rotatable bonds is 7. The van der Waals surface area contributed by atoms with Crippen LogP contribution >= 0.6 is 0 Å². The predicted octanol–water partition coefficient (Wildman–Crippen LogP) is 3.14. The molecule has 1 N–H and O–H groups in total. The third-order valence-corrected chi connectivity index (χ3v) is 4.54. The number of carbonyl (C=O) groups is 1. The third-order valence-electron chi connectivity index (χ3n) is 4.54.